The summed E-state index contributed by atoms with van der Waals surface area (Å²) >= 11 is 5.87. The second-order valence-electron chi connectivity index (χ2n) is 5.36. The molecule has 6 nitrogen and oxygen atoms in total. The third-order valence-corrected chi connectivity index (χ3v) is 3.08. The lowest BCUT2D eigenvalue weighted by Gasteiger charge is -2.11. The first-order chi connectivity index (χ1) is 10.8. The molecule has 0 unspecified atom stereocenters. The highest BCUT2D eigenvalue weighted by Gasteiger charge is 2.14. The maximum Gasteiger partial charge on any atom is 0.321 e. The van der Waals surface area contributed by atoms with Gasteiger partial charge < -0.3 is 10.1 Å². The number of hydrogen-bond donors (Lipinski definition) is 2. The van der Waals surface area contributed by atoms with Crippen molar-refractivity contribution >= 4 is 29.3 Å². The molecule has 2 N–H and O–H groups in total. The number of carbonyl (C=O) groups is 3. The number of imide groups is 1. The Labute approximate surface area is 140 Å². The number of ether oxygens (including phenoxy) is 1. The Hall–Kier alpha value is -2.08. The zero-order chi connectivity index (χ0) is 17.4. The van der Waals surface area contributed by atoms with Crippen LogP contribution in [0.15, 0.2) is 18.2 Å². The fourth-order valence-corrected chi connectivity index (χ4v) is 1.86. The molecule has 0 aliphatic rings. The van der Waals surface area contributed by atoms with Gasteiger partial charge in [0.15, 0.2) is 12.4 Å². The fourth-order valence-electron chi connectivity index (χ4n) is 1.68. The average molecular weight is 341 g/mol. The Morgan fingerprint density at radius 3 is 2.57 bits per heavy atom. The van der Waals surface area contributed by atoms with E-state index in [0.717, 1.165) is 0 Å². The van der Waals surface area contributed by atoms with Gasteiger partial charge in [0.25, 0.3) is 5.91 Å². The van der Waals surface area contributed by atoms with Crippen molar-refractivity contribution < 1.29 is 19.1 Å². The molecule has 0 bridgehead atoms. The van der Waals surface area contributed by atoms with E-state index in [0.29, 0.717) is 23.6 Å². The van der Waals surface area contributed by atoms with Crippen molar-refractivity contribution in [2.24, 2.45) is 5.92 Å². The third kappa shape index (κ3) is 6.69. The lowest BCUT2D eigenvalue weighted by atomic mass is 10.1. The molecule has 0 radical (unpaired) electrons. The summed E-state index contributed by atoms with van der Waals surface area (Å²) in [6, 6.07) is 4.01. The van der Waals surface area contributed by atoms with Gasteiger partial charge in [0.05, 0.1) is 5.56 Å². The van der Waals surface area contributed by atoms with Crippen LogP contribution in [0.2, 0.25) is 5.02 Å². The minimum Gasteiger partial charge on any atom is -0.483 e. The molecule has 1 rings (SSSR count). The van der Waals surface area contributed by atoms with Crippen LogP contribution in [0.25, 0.3) is 0 Å². The largest absolute Gasteiger partial charge is 0.483 e. The molecule has 3 amide bonds. The first-order valence-electron chi connectivity index (χ1n) is 7.36. The first kappa shape index (κ1) is 19.0. The summed E-state index contributed by atoms with van der Waals surface area (Å²) in [5.41, 5.74) is 0.317. The van der Waals surface area contributed by atoms with Crippen molar-refractivity contribution in [1.82, 2.24) is 10.6 Å². The molecule has 0 spiro atoms. The highest BCUT2D eigenvalue weighted by atomic mass is 35.5. The van der Waals surface area contributed by atoms with E-state index in [1.807, 2.05) is 13.8 Å². The van der Waals surface area contributed by atoms with E-state index in [1.54, 1.807) is 13.0 Å². The van der Waals surface area contributed by atoms with Gasteiger partial charge in [-0.1, -0.05) is 32.4 Å². The van der Waals surface area contributed by atoms with Crippen molar-refractivity contribution in [3.05, 3.63) is 28.8 Å². The zero-order valence-electron chi connectivity index (χ0n) is 13.4. The summed E-state index contributed by atoms with van der Waals surface area (Å²) in [6.07, 6.45) is 0.292. The Bertz CT molecular complexity index is 587. The predicted molar refractivity (Wildman–Crippen MR) is 87.9 cm³/mol. The van der Waals surface area contributed by atoms with Crippen LogP contribution in [0.4, 0.5) is 4.79 Å². The van der Waals surface area contributed by atoms with E-state index >= 15 is 0 Å². The van der Waals surface area contributed by atoms with E-state index in [-0.39, 0.29) is 24.1 Å². The van der Waals surface area contributed by atoms with E-state index in [9.17, 15) is 14.4 Å². The molecule has 0 atom stereocenters. The standard InChI is InChI=1S/C16H21ClN2O4/c1-4-13(20)12-7-11(17)5-6-14(12)23-9-15(21)19-16(22)18-8-10(2)3/h5-7,10H,4,8-9H2,1-3H3,(H2,18,19,21,22). The van der Waals surface area contributed by atoms with Crippen molar-refractivity contribution in [2.75, 3.05) is 13.2 Å². The van der Waals surface area contributed by atoms with Gasteiger partial charge in [-0.25, -0.2) is 4.79 Å². The van der Waals surface area contributed by atoms with Crippen LogP contribution in [0.1, 0.15) is 37.6 Å². The number of rotatable bonds is 7. The van der Waals surface area contributed by atoms with Gasteiger partial charge in [-0.05, 0) is 24.1 Å². The Morgan fingerprint density at radius 1 is 1.26 bits per heavy atom. The highest BCUT2D eigenvalue weighted by Crippen LogP contribution is 2.24. The smallest absolute Gasteiger partial charge is 0.321 e. The first-order valence-corrected chi connectivity index (χ1v) is 7.74. The fraction of sp³-hybridized carbons (Fsp3) is 0.438. The molecule has 0 heterocycles. The summed E-state index contributed by atoms with van der Waals surface area (Å²) in [7, 11) is 0. The molecule has 7 heteroatoms. The van der Waals surface area contributed by atoms with Gasteiger partial charge in [0, 0.05) is 18.0 Å². The number of urea groups is 1. The van der Waals surface area contributed by atoms with Gasteiger partial charge in [0.1, 0.15) is 5.75 Å². The van der Waals surface area contributed by atoms with Crippen LogP contribution in [-0.2, 0) is 4.79 Å². The zero-order valence-corrected chi connectivity index (χ0v) is 14.2. The summed E-state index contributed by atoms with van der Waals surface area (Å²) < 4.78 is 5.33. The molecule has 0 aromatic heterocycles. The summed E-state index contributed by atoms with van der Waals surface area (Å²) in [5, 5.41) is 5.12. The molecule has 23 heavy (non-hydrogen) atoms. The monoisotopic (exact) mass is 340 g/mol. The van der Waals surface area contributed by atoms with Gasteiger partial charge >= 0.3 is 6.03 Å². The average Bonchev–Trinajstić information content (AvgIpc) is 2.50. The Balaban J connectivity index is 2.59. The van der Waals surface area contributed by atoms with Crippen LogP contribution in [0.5, 0.6) is 5.75 Å². The summed E-state index contributed by atoms with van der Waals surface area (Å²) in [4.78, 5) is 35.0. The molecule has 1 aromatic rings. The molecule has 0 saturated carbocycles. The van der Waals surface area contributed by atoms with Crippen molar-refractivity contribution in [1.29, 1.82) is 0 Å². The molecule has 0 aliphatic heterocycles. The lowest BCUT2D eigenvalue weighted by Crippen LogP contribution is -2.42. The summed E-state index contributed by atoms with van der Waals surface area (Å²) in [5.74, 6) is -0.198. The molecular weight excluding hydrogens is 320 g/mol. The molecule has 0 saturated heterocycles. The molecular formula is C16H21ClN2O4. The molecule has 1 aromatic carbocycles. The number of ketones is 1. The van der Waals surface area contributed by atoms with E-state index in [4.69, 9.17) is 16.3 Å². The Kier molecular flexibility index (Phi) is 7.54. The normalized spacial score (nSPS) is 10.3. The number of hydrogen-bond acceptors (Lipinski definition) is 4. The molecule has 0 aliphatic carbocycles. The van der Waals surface area contributed by atoms with Crippen LogP contribution < -0.4 is 15.4 Å². The van der Waals surface area contributed by atoms with Crippen LogP contribution in [0, 0.1) is 5.92 Å². The van der Waals surface area contributed by atoms with Crippen LogP contribution in [-0.4, -0.2) is 30.9 Å². The van der Waals surface area contributed by atoms with Gasteiger partial charge in [-0.2, -0.15) is 0 Å². The minimum atomic E-state index is -0.601. The number of carbonyl (C=O) groups excluding carboxylic acids is 3. The van der Waals surface area contributed by atoms with Crippen molar-refractivity contribution in [2.45, 2.75) is 27.2 Å². The number of halogens is 1. The van der Waals surface area contributed by atoms with Crippen molar-refractivity contribution in [3.63, 3.8) is 0 Å². The number of nitrogens with one attached hydrogen (secondary N) is 2. The van der Waals surface area contributed by atoms with Gasteiger partial charge in [-0.3, -0.25) is 14.9 Å². The summed E-state index contributed by atoms with van der Waals surface area (Å²) in [6.45, 7) is 5.70. The SMILES string of the molecule is CCC(=O)c1cc(Cl)ccc1OCC(=O)NC(=O)NCC(C)C. The maximum absolute atomic E-state index is 11.9. The topological polar surface area (TPSA) is 84.5 Å². The van der Waals surface area contributed by atoms with E-state index < -0.39 is 11.9 Å². The number of benzene rings is 1. The maximum atomic E-state index is 11.9. The van der Waals surface area contributed by atoms with E-state index in [2.05, 4.69) is 10.6 Å². The van der Waals surface area contributed by atoms with Gasteiger partial charge in [0.2, 0.25) is 0 Å². The number of Topliss-reactive ketones (excluding diaryl/α,β-unsaturated/α-hetero) is 1. The van der Waals surface area contributed by atoms with Crippen LogP contribution >= 0.6 is 11.6 Å². The molecule has 126 valence electrons. The highest BCUT2D eigenvalue weighted by molar-refractivity contribution is 6.31. The van der Waals surface area contributed by atoms with Gasteiger partial charge in [-0.15, -0.1) is 0 Å². The number of amides is 3. The lowest BCUT2D eigenvalue weighted by molar-refractivity contribution is -0.122. The van der Waals surface area contributed by atoms with E-state index in [1.165, 1.54) is 12.1 Å². The molecule has 0 fully saturated rings. The third-order valence-electron chi connectivity index (χ3n) is 2.85. The second kappa shape index (κ2) is 9.15. The second-order valence-corrected chi connectivity index (χ2v) is 5.79. The Morgan fingerprint density at radius 2 is 1.96 bits per heavy atom. The minimum absolute atomic E-state index is 0.141. The van der Waals surface area contributed by atoms with Crippen LogP contribution in [0.3, 0.4) is 0 Å². The quantitative estimate of drug-likeness (QED) is 0.747. The van der Waals surface area contributed by atoms with Crippen molar-refractivity contribution in [3.8, 4) is 5.75 Å². The predicted octanol–water partition coefficient (Wildman–Crippen LogP) is 2.79.